The average Bonchev–Trinajstić information content (AvgIpc) is 4.01. The molecule has 0 atom stereocenters. The minimum atomic E-state index is -0.356. The molecule has 268 valence electrons. The molecule has 10 heteroatoms. The van der Waals surface area contributed by atoms with Crippen molar-refractivity contribution in [1.82, 2.24) is 0 Å². The molecule has 2 saturated carbocycles. The minimum absolute atomic E-state index is 0.215. The van der Waals surface area contributed by atoms with Crippen LogP contribution in [0.2, 0.25) is 0 Å². The van der Waals surface area contributed by atoms with Crippen LogP contribution in [-0.4, -0.2) is 0 Å². The van der Waals surface area contributed by atoms with Crippen molar-refractivity contribution in [3.05, 3.63) is 79.0 Å². The maximum atomic E-state index is 9.62. The highest BCUT2D eigenvalue weighted by molar-refractivity contribution is 7.35. The van der Waals surface area contributed by atoms with Crippen molar-refractivity contribution in [2.45, 2.75) is 114 Å². The van der Waals surface area contributed by atoms with Crippen molar-refractivity contribution in [1.29, 1.82) is 15.8 Å². The molecule has 0 unspecified atom stereocenters. The zero-order valence-electron chi connectivity index (χ0n) is 29.9. The van der Waals surface area contributed by atoms with Gasteiger partial charge in [0.1, 0.15) is 28.9 Å². The number of nitrogens with zero attached hydrogens (tertiary/aromatic N) is 4. The lowest BCUT2D eigenvalue weighted by Crippen LogP contribution is -2.37. The van der Waals surface area contributed by atoms with Crippen molar-refractivity contribution >= 4 is 65.9 Å². The zero-order valence-corrected chi connectivity index (χ0v) is 33.1. The van der Waals surface area contributed by atoms with Gasteiger partial charge >= 0.3 is 0 Å². The molecule has 0 bridgehead atoms. The Morgan fingerprint density at radius 1 is 0.593 bits per heavy atom. The molecule has 2 aliphatic heterocycles. The van der Waals surface area contributed by atoms with Crippen LogP contribution in [0.5, 0.6) is 11.5 Å². The average molecular weight is 781 g/mol. The zero-order chi connectivity index (χ0) is 36.6. The molecule has 10 rings (SSSR count). The molecule has 4 aromatic heterocycles. The summed E-state index contributed by atoms with van der Waals surface area (Å²) < 4.78 is 17.2. The van der Waals surface area contributed by atoms with Crippen LogP contribution in [0, 0.1) is 40.6 Å². The lowest BCUT2D eigenvalue weighted by Gasteiger charge is -2.41. The third kappa shape index (κ3) is 5.15. The van der Waals surface area contributed by atoms with Crippen LogP contribution in [0.15, 0.2) is 46.7 Å². The third-order valence-corrected chi connectivity index (χ3v) is 17.6. The molecular formula is C44H36N4O2S4. The summed E-state index contributed by atoms with van der Waals surface area (Å²) in [4.78, 5) is 11.1. The molecule has 2 fully saturated rings. The molecule has 6 heterocycles. The number of allylic oxidation sites excluding steroid dienone is 8. The van der Waals surface area contributed by atoms with Crippen molar-refractivity contribution in [3.63, 3.8) is 0 Å². The summed E-state index contributed by atoms with van der Waals surface area (Å²) in [5, 5.41) is 28.8. The second-order valence-electron chi connectivity index (χ2n) is 15.5. The monoisotopic (exact) mass is 780 g/mol. The van der Waals surface area contributed by atoms with Gasteiger partial charge in [-0.15, -0.1) is 45.3 Å². The number of nitriles is 3. The first-order valence-electron chi connectivity index (χ1n) is 19.2. The normalized spacial score (nSPS) is 21.4. The Balaban J connectivity index is 1.13. The number of rotatable bonds is 2. The molecule has 0 aromatic carbocycles. The first-order valence-corrected chi connectivity index (χ1v) is 22.5. The van der Waals surface area contributed by atoms with Crippen LogP contribution in [0.3, 0.4) is 0 Å². The SMILES string of the molecule is [C-]#[N+]/C(C#N)=C1/C=C(c2cc3c(s2)-c2sc4c5c(sc4c2OC32CCCCC2)-c2sc(C3=CC(=C(C#N)C#N)CCC3)cc2C2(CCCCC2)O5)CCC1. The highest BCUT2D eigenvalue weighted by Crippen LogP contribution is 2.66. The van der Waals surface area contributed by atoms with Crippen molar-refractivity contribution in [2.75, 3.05) is 0 Å². The molecule has 0 amide bonds. The van der Waals surface area contributed by atoms with E-state index in [1.807, 2.05) is 45.3 Å². The van der Waals surface area contributed by atoms with E-state index in [-0.39, 0.29) is 22.5 Å². The van der Waals surface area contributed by atoms with E-state index in [1.54, 1.807) is 0 Å². The maximum absolute atomic E-state index is 9.62. The van der Waals surface area contributed by atoms with Gasteiger partial charge in [-0.2, -0.15) is 10.5 Å². The second-order valence-corrected chi connectivity index (χ2v) is 19.6. The lowest BCUT2D eigenvalue weighted by atomic mass is 9.78. The van der Waals surface area contributed by atoms with Crippen molar-refractivity contribution in [2.24, 2.45) is 0 Å². The van der Waals surface area contributed by atoms with E-state index < -0.39 is 0 Å². The molecule has 6 nitrogen and oxygen atoms in total. The van der Waals surface area contributed by atoms with Gasteiger partial charge in [0.2, 0.25) is 0 Å². The van der Waals surface area contributed by atoms with E-state index in [0.29, 0.717) is 0 Å². The topological polar surface area (TPSA) is 94.2 Å². The number of ether oxygens (including phenoxy) is 2. The molecule has 4 aromatic rings. The summed E-state index contributed by atoms with van der Waals surface area (Å²) in [6.45, 7) is 7.54. The standard InChI is InChI=1S/C44H36N4O2S4/c1-48-32(24-47)26-11-9-13-28(19-26)34-21-31-38(52-34)40-36(50-44(31)16-6-3-7-17-44)42-41(54-40)35-39(53-42)37-30(43(49-35)14-4-2-5-15-43)20-33(51-37)27-12-8-10-25(18-27)29(22-45)23-46/h18-21H,2-17H2/b32-26+. The lowest BCUT2D eigenvalue weighted by molar-refractivity contribution is 0.0258. The Hall–Kier alpha value is -4.42. The first-order chi connectivity index (χ1) is 26.5. The van der Waals surface area contributed by atoms with Crippen LogP contribution in [-0.2, 0) is 11.2 Å². The molecule has 2 spiro atoms. The van der Waals surface area contributed by atoms with Gasteiger partial charge in [0.15, 0.2) is 11.5 Å². The Morgan fingerprint density at radius 2 is 1.07 bits per heavy atom. The van der Waals surface area contributed by atoms with Crippen molar-refractivity contribution in [3.8, 4) is 49.2 Å². The fourth-order valence-corrected chi connectivity index (χ4v) is 15.2. The van der Waals surface area contributed by atoms with Gasteiger partial charge in [-0.3, -0.25) is 0 Å². The van der Waals surface area contributed by atoms with Crippen LogP contribution >= 0.6 is 45.3 Å². The van der Waals surface area contributed by atoms with Crippen molar-refractivity contribution < 1.29 is 9.47 Å². The highest BCUT2D eigenvalue weighted by Gasteiger charge is 2.49. The third-order valence-electron chi connectivity index (χ3n) is 12.4. The molecular weight excluding hydrogens is 745 g/mol. The van der Waals surface area contributed by atoms with Gasteiger partial charge in [0.25, 0.3) is 5.70 Å². The largest absolute Gasteiger partial charge is 0.479 e. The minimum Gasteiger partial charge on any atom is -0.479 e. The van der Waals surface area contributed by atoms with E-state index in [0.717, 1.165) is 113 Å². The summed E-state index contributed by atoms with van der Waals surface area (Å²) in [6, 6.07) is 11.1. The van der Waals surface area contributed by atoms with Gasteiger partial charge in [-0.1, -0.05) is 25.0 Å². The van der Waals surface area contributed by atoms with Crippen LogP contribution in [0.1, 0.15) is 124 Å². The molecule has 0 radical (unpaired) electrons. The van der Waals surface area contributed by atoms with E-state index in [1.165, 1.54) is 73.8 Å². The van der Waals surface area contributed by atoms with Gasteiger partial charge in [0.05, 0.1) is 41.5 Å². The maximum Gasteiger partial charge on any atom is 0.265 e. The fourth-order valence-electron chi connectivity index (χ4n) is 9.74. The predicted molar refractivity (Wildman–Crippen MR) is 218 cm³/mol. The first kappa shape index (κ1) is 34.1. The van der Waals surface area contributed by atoms with Crippen LogP contribution < -0.4 is 9.47 Å². The fraction of sp³-hybridized carbons (Fsp3) is 0.409. The van der Waals surface area contributed by atoms with E-state index in [2.05, 4.69) is 47.3 Å². The molecule has 6 aliphatic rings. The summed E-state index contributed by atoms with van der Waals surface area (Å²) in [5.41, 5.74) is 6.54. The Morgan fingerprint density at radius 3 is 1.54 bits per heavy atom. The van der Waals surface area contributed by atoms with E-state index >= 15 is 0 Å². The Bertz CT molecular complexity index is 2370. The summed E-state index contributed by atoms with van der Waals surface area (Å²) in [5.74, 6) is 2.05. The van der Waals surface area contributed by atoms with Gasteiger partial charge in [0, 0.05) is 20.9 Å². The smallest absolute Gasteiger partial charge is 0.265 e. The number of hydrogen-bond donors (Lipinski definition) is 0. The number of thiophene rings is 4. The van der Waals surface area contributed by atoms with Crippen LogP contribution in [0.4, 0.5) is 0 Å². The van der Waals surface area contributed by atoms with Gasteiger partial charge < -0.3 is 9.47 Å². The summed E-state index contributed by atoms with van der Waals surface area (Å²) in [6.07, 6.45) is 20.6. The number of fused-ring (bicyclic) bond motifs is 11. The predicted octanol–water partition coefficient (Wildman–Crippen LogP) is 13.7. The molecule has 54 heavy (non-hydrogen) atoms. The molecule has 0 saturated heterocycles. The molecule has 0 N–H and O–H groups in total. The second kappa shape index (κ2) is 13.1. The Labute approximate surface area is 331 Å². The number of hydrogen-bond acceptors (Lipinski definition) is 9. The summed E-state index contributed by atoms with van der Waals surface area (Å²) in [7, 11) is 0. The van der Waals surface area contributed by atoms with E-state index in [4.69, 9.17) is 16.0 Å². The van der Waals surface area contributed by atoms with Gasteiger partial charge in [-0.05, 0) is 124 Å². The summed E-state index contributed by atoms with van der Waals surface area (Å²) >= 11 is 7.40. The van der Waals surface area contributed by atoms with Gasteiger partial charge in [-0.25, -0.2) is 10.1 Å². The highest BCUT2D eigenvalue weighted by atomic mass is 32.1. The Kier molecular flexibility index (Phi) is 8.28. The van der Waals surface area contributed by atoms with Crippen LogP contribution in [0.25, 0.3) is 44.9 Å². The molecule has 4 aliphatic carbocycles. The quantitative estimate of drug-likeness (QED) is 0.149. The van der Waals surface area contributed by atoms with E-state index in [9.17, 15) is 15.8 Å².